The topological polar surface area (TPSA) is 69.3 Å². The molecular weight excluding hydrogens is 348 g/mol. The van der Waals surface area contributed by atoms with Crippen LogP contribution in [0, 0.1) is 0 Å². The molecule has 1 saturated carbocycles. The van der Waals surface area contributed by atoms with E-state index in [1.807, 2.05) is 17.0 Å². The molecule has 7 nitrogen and oxygen atoms in total. The van der Waals surface area contributed by atoms with Crippen molar-refractivity contribution < 1.29 is 23.7 Å². The number of likely N-dealkylation sites (tertiary alicyclic amines) is 1. The van der Waals surface area contributed by atoms with Crippen LogP contribution in [-0.2, 0) is 14.9 Å². The van der Waals surface area contributed by atoms with Crippen molar-refractivity contribution in [3.05, 3.63) is 23.8 Å². The second-order valence-corrected chi connectivity index (χ2v) is 7.60. The summed E-state index contributed by atoms with van der Waals surface area (Å²) in [5.41, 5.74) is 1.19. The summed E-state index contributed by atoms with van der Waals surface area (Å²) in [6, 6.07) is 6.02. The van der Waals surface area contributed by atoms with Crippen LogP contribution in [-0.4, -0.2) is 63.8 Å². The zero-order valence-electron chi connectivity index (χ0n) is 16.1. The van der Waals surface area contributed by atoms with Crippen molar-refractivity contribution in [3.63, 3.8) is 0 Å². The van der Waals surface area contributed by atoms with E-state index in [-0.39, 0.29) is 11.4 Å². The summed E-state index contributed by atoms with van der Waals surface area (Å²) in [5.74, 6) is 0.999. The number of hydrogen-bond donors (Lipinski definition) is 1. The van der Waals surface area contributed by atoms with E-state index in [1.165, 1.54) is 5.56 Å². The molecule has 0 bridgehead atoms. The number of hydrogen-bond acceptors (Lipinski definition) is 5. The molecule has 2 saturated heterocycles. The highest BCUT2D eigenvalue weighted by atomic mass is 16.7. The van der Waals surface area contributed by atoms with Gasteiger partial charge in [-0.25, -0.2) is 4.79 Å². The van der Waals surface area contributed by atoms with Crippen molar-refractivity contribution in [2.45, 2.75) is 36.9 Å². The smallest absolute Gasteiger partial charge is 0.317 e. The molecular formula is C20H28N2O5. The number of carbonyl (C=O) groups excluding carboxylic acids is 1. The first kappa shape index (κ1) is 18.4. The van der Waals surface area contributed by atoms with Gasteiger partial charge in [0, 0.05) is 37.9 Å². The van der Waals surface area contributed by atoms with Crippen molar-refractivity contribution in [1.82, 2.24) is 10.2 Å². The van der Waals surface area contributed by atoms with Gasteiger partial charge in [0.2, 0.25) is 0 Å². The number of piperidine rings is 1. The number of amides is 2. The van der Waals surface area contributed by atoms with Gasteiger partial charge in [0.15, 0.2) is 17.3 Å². The van der Waals surface area contributed by atoms with Gasteiger partial charge in [0.25, 0.3) is 0 Å². The monoisotopic (exact) mass is 376 g/mol. The third-order valence-corrected chi connectivity index (χ3v) is 6.05. The van der Waals surface area contributed by atoms with Crippen LogP contribution in [0.5, 0.6) is 11.5 Å². The minimum absolute atomic E-state index is 0.00386. The van der Waals surface area contributed by atoms with Gasteiger partial charge >= 0.3 is 6.03 Å². The highest BCUT2D eigenvalue weighted by molar-refractivity contribution is 5.74. The maximum absolute atomic E-state index is 12.6. The summed E-state index contributed by atoms with van der Waals surface area (Å²) in [5, 5.41) is 3.13. The van der Waals surface area contributed by atoms with Crippen molar-refractivity contribution in [3.8, 4) is 11.5 Å². The number of methoxy groups -OCH3 is 2. The lowest BCUT2D eigenvalue weighted by Gasteiger charge is -2.37. The number of rotatable bonds is 5. The number of ether oxygens (including phenoxy) is 4. The lowest BCUT2D eigenvalue weighted by atomic mass is 9.95. The van der Waals surface area contributed by atoms with Gasteiger partial charge in [-0.3, -0.25) is 0 Å². The van der Waals surface area contributed by atoms with E-state index in [4.69, 9.17) is 18.9 Å². The maximum atomic E-state index is 12.6. The fourth-order valence-electron chi connectivity index (χ4n) is 4.08. The Morgan fingerprint density at radius 1 is 1.07 bits per heavy atom. The van der Waals surface area contributed by atoms with Gasteiger partial charge < -0.3 is 29.2 Å². The molecule has 1 aromatic carbocycles. The normalized spacial score (nSPS) is 22.5. The maximum Gasteiger partial charge on any atom is 0.317 e. The van der Waals surface area contributed by atoms with E-state index >= 15 is 0 Å². The number of urea groups is 1. The summed E-state index contributed by atoms with van der Waals surface area (Å²) >= 11 is 0. The first-order valence-electron chi connectivity index (χ1n) is 9.63. The van der Waals surface area contributed by atoms with E-state index in [9.17, 15) is 4.79 Å². The van der Waals surface area contributed by atoms with Crippen LogP contribution in [0.3, 0.4) is 0 Å². The Hall–Kier alpha value is -1.99. The molecule has 1 N–H and O–H groups in total. The summed E-state index contributed by atoms with van der Waals surface area (Å²) < 4.78 is 22.2. The minimum Gasteiger partial charge on any atom is -0.493 e. The van der Waals surface area contributed by atoms with E-state index in [0.29, 0.717) is 32.8 Å². The predicted octanol–water partition coefficient (Wildman–Crippen LogP) is 2.28. The molecule has 1 aromatic rings. The average Bonchev–Trinajstić information content (AvgIpc) is 3.38. The van der Waals surface area contributed by atoms with Gasteiger partial charge in [-0.1, -0.05) is 6.07 Å². The highest BCUT2D eigenvalue weighted by Crippen LogP contribution is 2.49. The second-order valence-electron chi connectivity index (χ2n) is 7.60. The van der Waals surface area contributed by atoms with Crippen molar-refractivity contribution in [2.75, 3.05) is 47.1 Å². The van der Waals surface area contributed by atoms with E-state index in [2.05, 4.69) is 11.4 Å². The van der Waals surface area contributed by atoms with E-state index in [1.54, 1.807) is 14.2 Å². The SMILES string of the molecule is COc1ccc(C2(CNC(=O)N3CCC4(CC3)OCCO4)CC2)cc1OC. The largest absolute Gasteiger partial charge is 0.493 e. The Balaban J connectivity index is 1.34. The molecule has 0 atom stereocenters. The third-order valence-electron chi connectivity index (χ3n) is 6.05. The molecule has 3 aliphatic rings. The Bertz CT molecular complexity index is 688. The van der Waals surface area contributed by atoms with Gasteiger partial charge in [0.05, 0.1) is 27.4 Å². The molecule has 0 unspecified atom stereocenters. The van der Waals surface area contributed by atoms with Crippen LogP contribution >= 0.6 is 0 Å². The molecule has 2 aliphatic heterocycles. The molecule has 2 amide bonds. The van der Waals surface area contributed by atoms with Crippen molar-refractivity contribution in [1.29, 1.82) is 0 Å². The van der Waals surface area contributed by atoms with Crippen LogP contribution in [0.1, 0.15) is 31.2 Å². The summed E-state index contributed by atoms with van der Waals surface area (Å²) in [6.45, 7) is 3.26. The third kappa shape index (κ3) is 3.58. The van der Waals surface area contributed by atoms with Crippen molar-refractivity contribution >= 4 is 6.03 Å². The van der Waals surface area contributed by atoms with Gasteiger partial charge in [-0.15, -0.1) is 0 Å². The van der Waals surface area contributed by atoms with Crippen LogP contribution in [0.25, 0.3) is 0 Å². The van der Waals surface area contributed by atoms with Crippen molar-refractivity contribution in [2.24, 2.45) is 0 Å². The van der Waals surface area contributed by atoms with Crippen LogP contribution in [0.15, 0.2) is 18.2 Å². The van der Waals surface area contributed by atoms with Gasteiger partial charge in [-0.05, 0) is 30.5 Å². The Morgan fingerprint density at radius 2 is 1.74 bits per heavy atom. The summed E-state index contributed by atoms with van der Waals surface area (Å²) in [6.07, 6.45) is 3.60. The number of nitrogens with zero attached hydrogens (tertiary/aromatic N) is 1. The first-order valence-corrected chi connectivity index (χ1v) is 9.63. The molecule has 2 heterocycles. The molecule has 4 rings (SSSR count). The molecule has 1 spiro atoms. The van der Waals surface area contributed by atoms with E-state index < -0.39 is 5.79 Å². The Labute approximate surface area is 159 Å². The lowest BCUT2D eigenvalue weighted by Crippen LogP contribution is -2.51. The van der Waals surface area contributed by atoms with Gasteiger partial charge in [-0.2, -0.15) is 0 Å². The predicted molar refractivity (Wildman–Crippen MR) is 99.3 cm³/mol. The molecule has 7 heteroatoms. The first-order chi connectivity index (χ1) is 13.1. The zero-order chi connectivity index (χ0) is 18.9. The summed E-state index contributed by atoms with van der Waals surface area (Å²) in [7, 11) is 3.28. The summed E-state index contributed by atoms with van der Waals surface area (Å²) in [4.78, 5) is 14.5. The quantitative estimate of drug-likeness (QED) is 0.854. The number of nitrogens with one attached hydrogen (secondary N) is 1. The highest BCUT2D eigenvalue weighted by Gasteiger charge is 2.45. The number of benzene rings is 1. The minimum atomic E-state index is -0.450. The molecule has 1 aliphatic carbocycles. The molecule has 0 aromatic heterocycles. The fraction of sp³-hybridized carbons (Fsp3) is 0.650. The van der Waals surface area contributed by atoms with Crippen LogP contribution < -0.4 is 14.8 Å². The Kier molecular flexibility index (Phi) is 4.90. The van der Waals surface area contributed by atoms with E-state index in [0.717, 1.165) is 37.2 Å². The fourth-order valence-corrected chi connectivity index (χ4v) is 4.08. The van der Waals surface area contributed by atoms with Crippen LogP contribution in [0.2, 0.25) is 0 Å². The zero-order valence-corrected chi connectivity index (χ0v) is 16.1. The average molecular weight is 376 g/mol. The molecule has 27 heavy (non-hydrogen) atoms. The second kappa shape index (κ2) is 7.20. The van der Waals surface area contributed by atoms with Gasteiger partial charge in [0.1, 0.15) is 0 Å². The standard InChI is InChI=1S/C20H28N2O5/c1-24-16-4-3-15(13-17(16)25-2)19(5-6-19)14-21-18(23)22-9-7-20(8-10-22)26-11-12-27-20/h3-4,13H,5-12,14H2,1-2H3,(H,21,23). The molecule has 3 fully saturated rings. The van der Waals surface area contributed by atoms with Crippen LogP contribution in [0.4, 0.5) is 4.79 Å². The Morgan fingerprint density at radius 3 is 2.33 bits per heavy atom. The number of carbonyl (C=O) groups is 1. The molecule has 0 radical (unpaired) electrons. The lowest BCUT2D eigenvalue weighted by molar-refractivity contribution is -0.181. The molecule has 148 valence electrons.